The summed E-state index contributed by atoms with van der Waals surface area (Å²) in [5, 5.41) is 8.44. The molecular weight excluding hydrogens is 485 g/mol. The molecule has 2 aromatic heterocycles. The molecule has 0 atom stereocenters. The van der Waals surface area contributed by atoms with Gasteiger partial charge in [0, 0.05) is 5.02 Å². The van der Waals surface area contributed by atoms with Gasteiger partial charge in [-0.2, -0.15) is 5.10 Å². The number of nitrogens with one attached hydrogen (secondary N) is 1. The molecule has 2 heterocycles. The van der Waals surface area contributed by atoms with Crippen LogP contribution in [0.1, 0.15) is 33.3 Å². The number of aromatic nitrogens is 2. The third-order valence-corrected chi connectivity index (χ3v) is 5.78. The number of anilines is 1. The Morgan fingerprint density at radius 1 is 1.06 bits per heavy atom. The molecule has 1 amide bonds. The third kappa shape index (κ3) is 5.36. The zero-order chi connectivity index (χ0) is 23.5. The average Bonchev–Trinajstić information content (AvgIpc) is 3.34. The van der Waals surface area contributed by atoms with Crippen LogP contribution in [0, 0.1) is 13.8 Å². The largest absolute Gasteiger partial charge is 0.483 e. The average molecular weight is 505 g/mol. The van der Waals surface area contributed by atoms with E-state index in [9.17, 15) is 4.79 Å². The van der Waals surface area contributed by atoms with E-state index in [2.05, 4.69) is 10.4 Å². The molecule has 0 aliphatic rings. The topological polar surface area (TPSA) is 69.3 Å². The third-order valence-electron chi connectivity index (χ3n) is 5.00. The van der Waals surface area contributed by atoms with Gasteiger partial charge in [0.05, 0.1) is 33.7 Å². The molecule has 0 aliphatic carbocycles. The van der Waals surface area contributed by atoms with Gasteiger partial charge in [-0.25, -0.2) is 0 Å². The van der Waals surface area contributed by atoms with Crippen molar-refractivity contribution in [3.05, 3.63) is 98.1 Å². The number of nitrogens with zero attached hydrogens (tertiary/aromatic N) is 2. The first-order chi connectivity index (χ1) is 15.8. The Morgan fingerprint density at radius 2 is 1.76 bits per heavy atom. The van der Waals surface area contributed by atoms with Crippen molar-refractivity contribution in [3.63, 3.8) is 0 Å². The molecule has 6 nitrogen and oxygen atoms in total. The molecule has 0 fully saturated rings. The molecule has 0 radical (unpaired) electrons. The van der Waals surface area contributed by atoms with E-state index < -0.39 is 0 Å². The van der Waals surface area contributed by atoms with E-state index in [4.69, 9.17) is 44.0 Å². The van der Waals surface area contributed by atoms with Crippen molar-refractivity contribution >= 4 is 46.4 Å². The van der Waals surface area contributed by atoms with Crippen LogP contribution in [0.25, 0.3) is 0 Å². The molecule has 0 bridgehead atoms. The van der Waals surface area contributed by atoms with Crippen molar-refractivity contribution < 1.29 is 13.9 Å². The lowest BCUT2D eigenvalue weighted by Crippen LogP contribution is -2.12. The van der Waals surface area contributed by atoms with Crippen LogP contribution >= 0.6 is 34.8 Å². The minimum absolute atomic E-state index is 0.0431. The highest BCUT2D eigenvalue weighted by molar-refractivity contribution is 6.40. The number of amides is 1. The van der Waals surface area contributed by atoms with Crippen molar-refractivity contribution in [2.75, 3.05) is 5.32 Å². The SMILES string of the molecule is Cc1nn(Cc2ccccc2)c(C)c1NC(=O)c1ccc(COc2c(Cl)cc(Cl)cc2Cl)o1. The van der Waals surface area contributed by atoms with E-state index in [0.717, 1.165) is 17.0 Å². The Labute approximate surface area is 206 Å². The highest BCUT2D eigenvalue weighted by atomic mass is 35.5. The monoisotopic (exact) mass is 503 g/mol. The van der Waals surface area contributed by atoms with Crippen LogP contribution in [0.5, 0.6) is 5.75 Å². The molecule has 1 N–H and O–H groups in total. The highest BCUT2D eigenvalue weighted by Crippen LogP contribution is 2.36. The maximum atomic E-state index is 12.8. The summed E-state index contributed by atoms with van der Waals surface area (Å²) < 4.78 is 13.2. The molecule has 2 aromatic carbocycles. The molecule has 0 spiro atoms. The summed E-state index contributed by atoms with van der Waals surface area (Å²) in [5.41, 5.74) is 3.35. The molecule has 170 valence electrons. The fraction of sp³-hybridized carbons (Fsp3) is 0.167. The number of aryl methyl sites for hydroxylation is 1. The zero-order valence-electron chi connectivity index (χ0n) is 17.9. The first-order valence-electron chi connectivity index (χ1n) is 10.1. The second-order valence-corrected chi connectivity index (χ2v) is 8.65. The molecule has 0 saturated heterocycles. The first-order valence-corrected chi connectivity index (χ1v) is 11.2. The standard InChI is InChI=1S/C24H20Cl3N3O3/c1-14-22(15(2)30(29-14)12-16-6-4-3-5-7-16)28-24(31)21-9-8-18(33-21)13-32-23-19(26)10-17(25)11-20(23)27/h3-11H,12-13H2,1-2H3,(H,28,31). The van der Waals surface area contributed by atoms with E-state index in [1.807, 2.05) is 48.9 Å². The van der Waals surface area contributed by atoms with Crippen LogP contribution in [-0.4, -0.2) is 15.7 Å². The van der Waals surface area contributed by atoms with Gasteiger partial charge in [-0.3, -0.25) is 9.48 Å². The number of benzene rings is 2. The molecule has 0 unspecified atom stereocenters. The quantitative estimate of drug-likeness (QED) is 0.296. The predicted octanol–water partition coefficient (Wildman–Crippen LogP) is 6.93. The van der Waals surface area contributed by atoms with Gasteiger partial charge < -0.3 is 14.5 Å². The van der Waals surface area contributed by atoms with E-state index in [-0.39, 0.29) is 28.3 Å². The Kier molecular flexibility index (Phi) is 6.98. The van der Waals surface area contributed by atoms with Gasteiger partial charge >= 0.3 is 0 Å². The second kappa shape index (κ2) is 9.91. The van der Waals surface area contributed by atoms with Gasteiger partial charge in [0.15, 0.2) is 11.5 Å². The van der Waals surface area contributed by atoms with Gasteiger partial charge in [-0.05, 0) is 43.7 Å². The number of furan rings is 1. The lowest BCUT2D eigenvalue weighted by atomic mass is 10.2. The number of carbonyl (C=O) groups is 1. The van der Waals surface area contributed by atoms with Gasteiger partial charge in [-0.1, -0.05) is 65.1 Å². The lowest BCUT2D eigenvalue weighted by Gasteiger charge is -2.09. The summed E-state index contributed by atoms with van der Waals surface area (Å²) in [7, 11) is 0. The van der Waals surface area contributed by atoms with Crippen LogP contribution in [0.15, 0.2) is 59.0 Å². The first kappa shape index (κ1) is 23.2. The summed E-state index contributed by atoms with van der Waals surface area (Å²) >= 11 is 18.2. The Morgan fingerprint density at radius 3 is 2.45 bits per heavy atom. The molecule has 9 heteroatoms. The Bertz CT molecular complexity index is 1280. The number of rotatable bonds is 7. The van der Waals surface area contributed by atoms with Crippen LogP contribution in [0.2, 0.25) is 15.1 Å². The normalized spacial score (nSPS) is 10.9. The summed E-state index contributed by atoms with van der Waals surface area (Å²) in [6.45, 7) is 4.42. The van der Waals surface area contributed by atoms with Crippen LogP contribution in [-0.2, 0) is 13.2 Å². The minimum atomic E-state index is -0.380. The van der Waals surface area contributed by atoms with Crippen molar-refractivity contribution in [1.82, 2.24) is 9.78 Å². The maximum Gasteiger partial charge on any atom is 0.291 e. The number of carbonyl (C=O) groups excluding carboxylic acids is 1. The van der Waals surface area contributed by atoms with Gasteiger partial charge in [-0.15, -0.1) is 0 Å². The van der Waals surface area contributed by atoms with Gasteiger partial charge in [0.2, 0.25) is 0 Å². The molecule has 4 rings (SSSR count). The number of halogens is 3. The molecule has 0 aliphatic heterocycles. The van der Waals surface area contributed by atoms with Gasteiger partial charge in [0.25, 0.3) is 5.91 Å². The van der Waals surface area contributed by atoms with E-state index >= 15 is 0 Å². The molecule has 4 aromatic rings. The Hall–Kier alpha value is -2.93. The summed E-state index contributed by atoms with van der Waals surface area (Å²) in [5.74, 6) is 0.503. The zero-order valence-corrected chi connectivity index (χ0v) is 20.1. The smallest absolute Gasteiger partial charge is 0.291 e. The lowest BCUT2D eigenvalue weighted by molar-refractivity contribution is 0.0992. The van der Waals surface area contributed by atoms with Crippen LogP contribution < -0.4 is 10.1 Å². The van der Waals surface area contributed by atoms with Crippen LogP contribution in [0.4, 0.5) is 5.69 Å². The maximum absolute atomic E-state index is 12.8. The molecular formula is C24H20Cl3N3O3. The summed E-state index contributed by atoms with van der Waals surface area (Å²) in [6, 6.07) is 16.3. The van der Waals surface area contributed by atoms with Crippen molar-refractivity contribution in [3.8, 4) is 5.75 Å². The van der Waals surface area contributed by atoms with Crippen LogP contribution in [0.3, 0.4) is 0 Å². The van der Waals surface area contributed by atoms with Crippen molar-refractivity contribution in [1.29, 1.82) is 0 Å². The summed E-state index contributed by atoms with van der Waals surface area (Å²) in [4.78, 5) is 12.8. The number of hydrogen-bond donors (Lipinski definition) is 1. The molecule has 0 saturated carbocycles. The summed E-state index contributed by atoms with van der Waals surface area (Å²) in [6.07, 6.45) is 0. The molecule has 33 heavy (non-hydrogen) atoms. The van der Waals surface area contributed by atoms with E-state index in [1.54, 1.807) is 12.1 Å². The second-order valence-electron chi connectivity index (χ2n) is 7.40. The minimum Gasteiger partial charge on any atom is -0.483 e. The number of ether oxygens (including phenoxy) is 1. The van der Waals surface area contributed by atoms with Gasteiger partial charge in [0.1, 0.15) is 12.4 Å². The van der Waals surface area contributed by atoms with E-state index in [0.29, 0.717) is 28.8 Å². The predicted molar refractivity (Wildman–Crippen MR) is 130 cm³/mol. The number of hydrogen-bond acceptors (Lipinski definition) is 4. The fourth-order valence-corrected chi connectivity index (χ4v) is 4.28. The van der Waals surface area contributed by atoms with Crippen molar-refractivity contribution in [2.45, 2.75) is 27.0 Å². The van der Waals surface area contributed by atoms with E-state index in [1.165, 1.54) is 12.1 Å². The Balaban J connectivity index is 1.43. The highest BCUT2D eigenvalue weighted by Gasteiger charge is 2.18. The fourth-order valence-electron chi connectivity index (χ4n) is 3.35. The van der Waals surface area contributed by atoms with Crippen molar-refractivity contribution in [2.24, 2.45) is 0 Å².